The van der Waals surface area contributed by atoms with Gasteiger partial charge in [-0.2, -0.15) is 0 Å². The van der Waals surface area contributed by atoms with E-state index < -0.39 is 0 Å². The van der Waals surface area contributed by atoms with Crippen LogP contribution >= 0.6 is 23.2 Å². The van der Waals surface area contributed by atoms with Crippen LogP contribution in [-0.2, 0) is 0 Å². The summed E-state index contributed by atoms with van der Waals surface area (Å²) in [6.07, 6.45) is 0. The number of carbonyl (C=O) groups is 1. The van der Waals surface area contributed by atoms with Gasteiger partial charge in [0.2, 0.25) is 0 Å². The van der Waals surface area contributed by atoms with Crippen LogP contribution in [-0.4, -0.2) is 5.91 Å². The molecule has 0 aliphatic carbocycles. The molecule has 116 valence electrons. The molecule has 3 rings (SSSR count). The molecular weight excluding hydrogens is 329 g/mol. The molecule has 0 aromatic heterocycles. The highest BCUT2D eigenvalue weighted by molar-refractivity contribution is 6.36. The zero-order valence-electron chi connectivity index (χ0n) is 12.5. The molecule has 0 bridgehead atoms. The van der Waals surface area contributed by atoms with E-state index in [1.165, 1.54) is 0 Å². The van der Waals surface area contributed by atoms with Gasteiger partial charge in [0, 0.05) is 5.02 Å². The number of hydrogen-bond donors (Lipinski definition) is 1. The van der Waals surface area contributed by atoms with E-state index in [0.29, 0.717) is 15.6 Å². The summed E-state index contributed by atoms with van der Waals surface area (Å²) >= 11 is 12.0. The van der Waals surface area contributed by atoms with E-state index in [1.807, 2.05) is 31.2 Å². The fourth-order valence-electron chi connectivity index (χ4n) is 2.65. The van der Waals surface area contributed by atoms with Gasteiger partial charge in [0.1, 0.15) is 0 Å². The molecule has 1 N–H and O–H groups in total. The zero-order chi connectivity index (χ0) is 16.4. The summed E-state index contributed by atoms with van der Waals surface area (Å²) < 4.78 is 0. The lowest BCUT2D eigenvalue weighted by molar-refractivity contribution is 0.0940. The highest BCUT2D eigenvalue weighted by Gasteiger charge is 2.15. The van der Waals surface area contributed by atoms with Crippen LogP contribution in [0.25, 0.3) is 10.8 Å². The van der Waals surface area contributed by atoms with Crippen molar-refractivity contribution in [3.05, 3.63) is 81.8 Å². The summed E-state index contributed by atoms with van der Waals surface area (Å²) in [5.74, 6) is -0.216. The molecule has 0 spiro atoms. The van der Waals surface area contributed by atoms with Crippen molar-refractivity contribution in [1.82, 2.24) is 5.32 Å². The average Bonchev–Trinajstić information content (AvgIpc) is 2.54. The minimum Gasteiger partial charge on any atom is -0.345 e. The van der Waals surface area contributed by atoms with Gasteiger partial charge in [-0.3, -0.25) is 4.79 Å². The van der Waals surface area contributed by atoms with E-state index in [1.54, 1.807) is 18.2 Å². The van der Waals surface area contributed by atoms with E-state index in [-0.39, 0.29) is 11.9 Å². The van der Waals surface area contributed by atoms with Gasteiger partial charge in [-0.25, -0.2) is 0 Å². The van der Waals surface area contributed by atoms with Crippen molar-refractivity contribution in [2.24, 2.45) is 0 Å². The first-order valence-electron chi connectivity index (χ1n) is 7.30. The monoisotopic (exact) mass is 343 g/mol. The Morgan fingerprint density at radius 3 is 2.52 bits per heavy atom. The van der Waals surface area contributed by atoms with E-state index >= 15 is 0 Å². The Morgan fingerprint density at radius 2 is 1.74 bits per heavy atom. The number of halogens is 2. The third kappa shape index (κ3) is 3.34. The van der Waals surface area contributed by atoms with Crippen LogP contribution in [0, 0.1) is 0 Å². The maximum atomic E-state index is 12.5. The summed E-state index contributed by atoms with van der Waals surface area (Å²) in [6.45, 7) is 1.96. The van der Waals surface area contributed by atoms with Crippen LogP contribution < -0.4 is 5.32 Å². The molecule has 0 radical (unpaired) electrons. The second kappa shape index (κ2) is 6.61. The van der Waals surface area contributed by atoms with Crippen LogP contribution in [0.15, 0.2) is 60.7 Å². The SMILES string of the molecule is C[C@@H](NC(=O)c1ccc(Cl)cc1Cl)c1cccc2ccccc12. The van der Waals surface area contributed by atoms with Gasteiger partial charge in [-0.1, -0.05) is 65.7 Å². The fourth-order valence-corrected chi connectivity index (χ4v) is 3.15. The van der Waals surface area contributed by atoms with E-state index in [9.17, 15) is 4.79 Å². The highest BCUT2D eigenvalue weighted by Crippen LogP contribution is 2.25. The first kappa shape index (κ1) is 15.9. The van der Waals surface area contributed by atoms with Crippen LogP contribution in [0.2, 0.25) is 10.0 Å². The average molecular weight is 344 g/mol. The Bertz CT molecular complexity index is 871. The summed E-state index contributed by atoms with van der Waals surface area (Å²) in [6, 6.07) is 18.9. The van der Waals surface area contributed by atoms with Crippen LogP contribution in [0.3, 0.4) is 0 Å². The number of nitrogens with one attached hydrogen (secondary N) is 1. The molecule has 0 saturated carbocycles. The van der Waals surface area contributed by atoms with Crippen molar-refractivity contribution in [1.29, 1.82) is 0 Å². The highest BCUT2D eigenvalue weighted by atomic mass is 35.5. The molecule has 0 aliphatic heterocycles. The minimum absolute atomic E-state index is 0.139. The van der Waals surface area contributed by atoms with Gasteiger partial charge in [0.25, 0.3) is 5.91 Å². The van der Waals surface area contributed by atoms with Crippen molar-refractivity contribution in [2.45, 2.75) is 13.0 Å². The molecule has 1 amide bonds. The molecule has 0 aliphatic rings. The van der Waals surface area contributed by atoms with E-state index in [2.05, 4.69) is 23.5 Å². The third-order valence-corrected chi connectivity index (χ3v) is 4.36. The molecule has 0 fully saturated rings. The normalized spacial score (nSPS) is 12.1. The number of fused-ring (bicyclic) bond motifs is 1. The van der Waals surface area contributed by atoms with Crippen molar-refractivity contribution in [3.8, 4) is 0 Å². The topological polar surface area (TPSA) is 29.1 Å². The molecule has 3 aromatic rings. The van der Waals surface area contributed by atoms with E-state index in [0.717, 1.165) is 16.3 Å². The van der Waals surface area contributed by atoms with Crippen molar-refractivity contribution < 1.29 is 4.79 Å². The Balaban J connectivity index is 1.88. The number of hydrogen-bond acceptors (Lipinski definition) is 1. The van der Waals surface area contributed by atoms with Gasteiger partial charge < -0.3 is 5.32 Å². The Hall–Kier alpha value is -2.03. The molecule has 0 heterocycles. The predicted molar refractivity (Wildman–Crippen MR) is 96.3 cm³/mol. The van der Waals surface area contributed by atoms with Gasteiger partial charge in [0.05, 0.1) is 16.6 Å². The molecule has 0 saturated heterocycles. The maximum Gasteiger partial charge on any atom is 0.253 e. The van der Waals surface area contributed by atoms with Crippen molar-refractivity contribution >= 4 is 39.9 Å². The van der Waals surface area contributed by atoms with Gasteiger partial charge in [-0.15, -0.1) is 0 Å². The van der Waals surface area contributed by atoms with Gasteiger partial charge >= 0.3 is 0 Å². The lowest BCUT2D eigenvalue weighted by atomic mass is 9.99. The van der Waals surface area contributed by atoms with Crippen molar-refractivity contribution in [3.63, 3.8) is 0 Å². The lowest BCUT2D eigenvalue weighted by Crippen LogP contribution is -2.27. The Labute approximate surface area is 145 Å². The molecule has 0 unspecified atom stereocenters. The molecular formula is C19H15Cl2NO. The lowest BCUT2D eigenvalue weighted by Gasteiger charge is -2.17. The summed E-state index contributed by atoms with van der Waals surface area (Å²) in [5.41, 5.74) is 1.49. The molecule has 3 aromatic carbocycles. The first-order chi connectivity index (χ1) is 11.1. The van der Waals surface area contributed by atoms with Crippen LogP contribution in [0.1, 0.15) is 28.9 Å². The predicted octanol–water partition coefficient (Wildman–Crippen LogP) is 5.64. The Kier molecular flexibility index (Phi) is 4.56. The fraction of sp³-hybridized carbons (Fsp3) is 0.105. The molecule has 2 nitrogen and oxygen atoms in total. The van der Waals surface area contributed by atoms with Crippen LogP contribution in [0.4, 0.5) is 0 Å². The molecule has 1 atom stereocenters. The van der Waals surface area contributed by atoms with Crippen LogP contribution in [0.5, 0.6) is 0 Å². The zero-order valence-corrected chi connectivity index (χ0v) is 14.0. The third-order valence-electron chi connectivity index (χ3n) is 3.81. The number of carbonyl (C=O) groups excluding carboxylic acids is 1. The second-order valence-corrected chi connectivity index (χ2v) is 6.23. The molecule has 4 heteroatoms. The maximum absolute atomic E-state index is 12.5. The standard InChI is InChI=1S/C19H15Cl2NO/c1-12(15-8-4-6-13-5-2-3-7-16(13)15)22-19(23)17-10-9-14(20)11-18(17)21/h2-12H,1H3,(H,22,23)/t12-/m1/s1. The quantitative estimate of drug-likeness (QED) is 0.655. The molecule has 23 heavy (non-hydrogen) atoms. The number of rotatable bonds is 3. The van der Waals surface area contributed by atoms with Gasteiger partial charge in [0.15, 0.2) is 0 Å². The first-order valence-corrected chi connectivity index (χ1v) is 8.05. The largest absolute Gasteiger partial charge is 0.345 e. The number of benzene rings is 3. The second-order valence-electron chi connectivity index (χ2n) is 5.39. The summed E-state index contributed by atoms with van der Waals surface area (Å²) in [7, 11) is 0. The van der Waals surface area contributed by atoms with Gasteiger partial charge in [-0.05, 0) is 41.5 Å². The number of amides is 1. The van der Waals surface area contributed by atoms with E-state index in [4.69, 9.17) is 23.2 Å². The summed E-state index contributed by atoms with van der Waals surface area (Å²) in [4.78, 5) is 12.5. The minimum atomic E-state index is -0.216. The summed E-state index contributed by atoms with van der Waals surface area (Å²) in [5, 5.41) is 6.13. The Morgan fingerprint density at radius 1 is 1.00 bits per heavy atom. The van der Waals surface area contributed by atoms with Crippen molar-refractivity contribution in [2.75, 3.05) is 0 Å². The smallest absolute Gasteiger partial charge is 0.253 e.